The van der Waals surface area contributed by atoms with E-state index in [4.69, 9.17) is 11.6 Å². The van der Waals surface area contributed by atoms with Crippen LogP contribution in [-0.2, 0) is 4.79 Å². The Morgan fingerprint density at radius 1 is 1.18 bits per heavy atom. The second kappa shape index (κ2) is 9.76. The number of nitrogens with zero attached hydrogens (tertiary/aromatic N) is 7. The van der Waals surface area contributed by atoms with Crippen LogP contribution in [0.2, 0.25) is 5.02 Å². The highest BCUT2D eigenvalue weighted by molar-refractivity contribution is 6.31. The minimum Gasteiger partial charge on any atom is -0.417 e. The number of amides is 1. The second-order valence-corrected chi connectivity index (χ2v) is 9.33. The number of aromatic amines is 1. The number of tetrazole rings is 1. The molecule has 1 saturated heterocycles. The van der Waals surface area contributed by atoms with Crippen LogP contribution in [0.15, 0.2) is 42.9 Å². The minimum atomic E-state index is -3.09. The van der Waals surface area contributed by atoms with E-state index in [1.54, 1.807) is 11.0 Å². The maximum atomic E-state index is 15.3. The monoisotopic (exact) mass is 560 g/mol. The molecule has 2 aliphatic rings. The van der Waals surface area contributed by atoms with Crippen LogP contribution in [0.3, 0.4) is 0 Å². The third-order valence-corrected chi connectivity index (χ3v) is 7.00. The molecule has 3 aromatic heterocycles. The smallest absolute Gasteiger partial charge is 0.388 e. The molecule has 200 valence electrons. The summed E-state index contributed by atoms with van der Waals surface area (Å²) < 4.78 is 60.9. The number of halogens is 5. The van der Waals surface area contributed by atoms with E-state index in [0.717, 1.165) is 6.07 Å². The molecule has 0 spiro atoms. The number of nitrogens with one attached hydrogen (secondary N) is 1. The lowest BCUT2D eigenvalue weighted by molar-refractivity contribution is -0.129. The summed E-state index contributed by atoms with van der Waals surface area (Å²) in [5.74, 6) is -2.08. The molecule has 1 aromatic carbocycles. The predicted octanol–water partition coefficient (Wildman–Crippen LogP) is 4.50. The quantitative estimate of drug-likeness (QED) is 0.345. The zero-order valence-electron chi connectivity index (χ0n) is 19.7. The minimum absolute atomic E-state index is 0.112. The Kier molecular flexibility index (Phi) is 6.25. The molecule has 5 heterocycles. The van der Waals surface area contributed by atoms with Crippen molar-refractivity contribution in [2.45, 2.75) is 38.0 Å². The summed E-state index contributed by atoms with van der Waals surface area (Å²) in [4.78, 5) is 25.5. The third-order valence-electron chi connectivity index (χ3n) is 6.71. The molecule has 4 aromatic rings. The number of carbonyl (C=O) groups is 1. The van der Waals surface area contributed by atoms with Crippen molar-refractivity contribution in [2.75, 3.05) is 0 Å². The number of benzene rings is 1. The number of aromatic nitrogens is 7. The Hall–Kier alpha value is -4.33. The normalized spacial score (nSPS) is 19.0. The van der Waals surface area contributed by atoms with Crippen molar-refractivity contribution in [3.05, 3.63) is 71.0 Å². The summed E-state index contributed by atoms with van der Waals surface area (Å²) in [5, 5.41) is 10.9. The lowest BCUT2D eigenvalue weighted by atomic mass is 9.92. The summed E-state index contributed by atoms with van der Waals surface area (Å²) in [6.07, 6.45) is 5.17. The number of imidazole rings is 1. The molecule has 2 unspecified atom stereocenters. The van der Waals surface area contributed by atoms with Gasteiger partial charge in [-0.2, -0.15) is 17.9 Å². The van der Waals surface area contributed by atoms with E-state index in [-0.39, 0.29) is 39.6 Å². The predicted molar refractivity (Wildman–Crippen MR) is 128 cm³/mol. The molecular weight excluding hydrogens is 544 g/mol. The second-order valence-electron chi connectivity index (χ2n) is 8.92. The van der Waals surface area contributed by atoms with E-state index < -0.39 is 30.3 Å². The van der Waals surface area contributed by atoms with Gasteiger partial charge >= 0.3 is 6.61 Å². The van der Waals surface area contributed by atoms with E-state index in [9.17, 15) is 18.0 Å². The summed E-state index contributed by atoms with van der Waals surface area (Å²) >= 11 is 6.06. The number of fused-ring (bicyclic) bond motifs is 1. The number of rotatable bonds is 6. The fourth-order valence-electron chi connectivity index (χ4n) is 5.14. The fraction of sp³-hybridized carbons (Fsp3) is 0.250. The SMILES string of the molecule is O=C1C=C(c2c(-n3cnnn3)ccc(Cl)c2F)CC2CCC(c3nc(-c4ccnc(OC(F)F)c4)c(F)[nH]3)N12. The molecule has 0 aliphatic carbocycles. The molecule has 2 atom stereocenters. The highest BCUT2D eigenvalue weighted by Crippen LogP contribution is 2.44. The largest absolute Gasteiger partial charge is 0.417 e. The molecule has 15 heteroatoms. The maximum Gasteiger partial charge on any atom is 0.388 e. The van der Waals surface area contributed by atoms with Crippen molar-refractivity contribution in [1.29, 1.82) is 0 Å². The molecule has 1 N–H and O–H groups in total. The lowest BCUT2D eigenvalue weighted by Crippen LogP contribution is -2.39. The molecule has 1 fully saturated rings. The van der Waals surface area contributed by atoms with Crippen molar-refractivity contribution in [2.24, 2.45) is 0 Å². The maximum absolute atomic E-state index is 15.3. The van der Waals surface area contributed by atoms with Gasteiger partial charge in [0.2, 0.25) is 17.7 Å². The highest BCUT2D eigenvalue weighted by Gasteiger charge is 2.42. The third kappa shape index (κ3) is 4.50. The van der Waals surface area contributed by atoms with Gasteiger partial charge in [-0.15, -0.1) is 5.10 Å². The van der Waals surface area contributed by atoms with Gasteiger partial charge in [0.25, 0.3) is 0 Å². The van der Waals surface area contributed by atoms with Crippen LogP contribution >= 0.6 is 11.6 Å². The average Bonchev–Trinajstić information content (AvgIpc) is 3.65. The van der Waals surface area contributed by atoms with E-state index in [1.807, 2.05) is 0 Å². The molecule has 39 heavy (non-hydrogen) atoms. The number of alkyl halides is 2. The molecular formula is C24H17ClF4N8O2. The van der Waals surface area contributed by atoms with Gasteiger partial charge < -0.3 is 14.6 Å². The van der Waals surface area contributed by atoms with Crippen LogP contribution in [0.4, 0.5) is 17.6 Å². The number of carbonyl (C=O) groups excluding carboxylic acids is 1. The molecule has 0 bridgehead atoms. The van der Waals surface area contributed by atoms with Gasteiger partial charge in [0, 0.05) is 35.5 Å². The van der Waals surface area contributed by atoms with Gasteiger partial charge in [-0.05, 0) is 53.5 Å². The van der Waals surface area contributed by atoms with Crippen molar-refractivity contribution < 1.29 is 27.1 Å². The molecule has 0 saturated carbocycles. The number of hydrogen-bond acceptors (Lipinski definition) is 7. The number of ether oxygens (including phenoxy) is 1. The first-order valence-electron chi connectivity index (χ1n) is 11.7. The summed E-state index contributed by atoms with van der Waals surface area (Å²) in [6, 6.07) is 4.61. The zero-order chi connectivity index (χ0) is 27.3. The molecule has 10 nitrogen and oxygen atoms in total. The summed E-state index contributed by atoms with van der Waals surface area (Å²) in [5.41, 5.74) is 0.935. The first kappa shape index (κ1) is 25.0. The van der Waals surface area contributed by atoms with Crippen LogP contribution in [0, 0.1) is 11.8 Å². The first-order valence-corrected chi connectivity index (χ1v) is 12.1. The Bertz CT molecular complexity index is 1590. The fourth-order valence-corrected chi connectivity index (χ4v) is 5.29. The van der Waals surface area contributed by atoms with Gasteiger partial charge in [-0.1, -0.05) is 11.6 Å². The molecule has 6 rings (SSSR count). The summed E-state index contributed by atoms with van der Waals surface area (Å²) in [6.45, 7) is -3.09. The van der Waals surface area contributed by atoms with Gasteiger partial charge in [0.1, 0.15) is 17.8 Å². The van der Waals surface area contributed by atoms with Crippen LogP contribution in [0.1, 0.15) is 36.7 Å². The van der Waals surface area contributed by atoms with E-state index >= 15 is 4.39 Å². The molecule has 2 aliphatic heterocycles. The van der Waals surface area contributed by atoms with Gasteiger partial charge in [-0.3, -0.25) is 4.79 Å². The zero-order valence-corrected chi connectivity index (χ0v) is 20.5. The number of pyridine rings is 1. The lowest BCUT2D eigenvalue weighted by Gasteiger charge is -2.33. The Morgan fingerprint density at radius 2 is 2.03 bits per heavy atom. The highest BCUT2D eigenvalue weighted by atomic mass is 35.5. The van der Waals surface area contributed by atoms with Crippen molar-refractivity contribution in [3.8, 4) is 22.8 Å². The topological polar surface area (TPSA) is 115 Å². The van der Waals surface area contributed by atoms with Crippen molar-refractivity contribution in [3.63, 3.8) is 0 Å². The van der Waals surface area contributed by atoms with E-state index in [2.05, 4.69) is 35.2 Å². The van der Waals surface area contributed by atoms with Gasteiger partial charge in [0.05, 0.1) is 16.8 Å². The number of hydrogen-bond donors (Lipinski definition) is 1. The van der Waals surface area contributed by atoms with Crippen molar-refractivity contribution in [1.82, 2.24) is 40.1 Å². The number of H-pyrrole nitrogens is 1. The van der Waals surface area contributed by atoms with Crippen LogP contribution in [0.25, 0.3) is 22.5 Å². The van der Waals surface area contributed by atoms with Crippen LogP contribution < -0.4 is 4.74 Å². The Labute approximate surface area is 222 Å². The molecule has 0 radical (unpaired) electrons. The molecule has 1 amide bonds. The average molecular weight is 561 g/mol. The Morgan fingerprint density at radius 3 is 2.79 bits per heavy atom. The van der Waals surface area contributed by atoms with Crippen molar-refractivity contribution >= 4 is 23.1 Å². The van der Waals surface area contributed by atoms with E-state index in [0.29, 0.717) is 30.5 Å². The summed E-state index contributed by atoms with van der Waals surface area (Å²) in [7, 11) is 0. The Balaban J connectivity index is 1.31. The van der Waals surface area contributed by atoms with E-state index in [1.165, 1.54) is 35.4 Å². The van der Waals surface area contributed by atoms with Crippen LogP contribution in [-0.4, -0.2) is 58.6 Å². The van der Waals surface area contributed by atoms with Gasteiger partial charge in [0.15, 0.2) is 5.82 Å². The standard InChI is InChI=1S/C24H17ClF4N8O2/c25-14-2-4-15(36-10-31-34-35-36)19(20(14)26)12-7-13-1-3-16(37(13)18(38)9-12)23-32-21(22(27)33-23)11-5-6-30-17(8-11)39-24(28)29/h2,4-6,8-10,13,16,24H,1,3,7H2,(H,32,33). The van der Waals surface area contributed by atoms with Crippen LogP contribution in [0.5, 0.6) is 5.88 Å². The first-order chi connectivity index (χ1) is 18.8. The van der Waals surface area contributed by atoms with Gasteiger partial charge in [-0.25, -0.2) is 14.4 Å².